The fraction of sp³-hybridized carbons (Fsp3) is 0.583. The van der Waals surface area contributed by atoms with Crippen LogP contribution in [0.2, 0.25) is 0 Å². The van der Waals surface area contributed by atoms with Crippen LogP contribution in [0, 0.1) is 5.92 Å². The van der Waals surface area contributed by atoms with E-state index in [1.54, 1.807) is 7.11 Å². The van der Waals surface area contributed by atoms with Gasteiger partial charge in [0.25, 0.3) is 0 Å². The van der Waals surface area contributed by atoms with Crippen molar-refractivity contribution in [1.29, 1.82) is 0 Å². The van der Waals surface area contributed by atoms with Gasteiger partial charge in [0.2, 0.25) is 5.88 Å². The highest BCUT2D eigenvalue weighted by atomic mass is 16.5. The third-order valence-electron chi connectivity index (χ3n) is 3.77. The maximum atomic E-state index is 5.77. The first kappa shape index (κ1) is 9.75. The van der Waals surface area contributed by atoms with E-state index in [0.29, 0.717) is 17.6 Å². The van der Waals surface area contributed by atoms with Crippen molar-refractivity contribution in [3.05, 3.63) is 12.1 Å². The number of nitrogens with zero attached hydrogens (tertiary/aromatic N) is 2. The van der Waals surface area contributed by atoms with E-state index >= 15 is 0 Å². The number of aromatic nitrogens is 1. The number of pyridine rings is 1. The number of ether oxygens (including phenoxy) is 1. The van der Waals surface area contributed by atoms with Crippen molar-refractivity contribution in [2.24, 2.45) is 5.92 Å². The molecule has 1 aromatic rings. The molecule has 1 aromatic heterocycles. The summed E-state index contributed by atoms with van der Waals surface area (Å²) in [6.07, 6.45) is 4.01. The summed E-state index contributed by atoms with van der Waals surface area (Å²) in [5, 5.41) is 0. The van der Waals surface area contributed by atoms with E-state index in [4.69, 9.17) is 10.5 Å². The fourth-order valence-corrected chi connectivity index (χ4v) is 2.97. The highest BCUT2D eigenvalue weighted by Gasteiger charge is 2.38. The van der Waals surface area contributed by atoms with Crippen LogP contribution in [-0.4, -0.2) is 24.7 Å². The van der Waals surface area contributed by atoms with Gasteiger partial charge in [0.1, 0.15) is 5.82 Å². The maximum Gasteiger partial charge on any atom is 0.238 e. The molecule has 2 heterocycles. The van der Waals surface area contributed by atoms with E-state index in [1.807, 2.05) is 12.1 Å². The van der Waals surface area contributed by atoms with Crippen LogP contribution in [0.5, 0.6) is 5.88 Å². The van der Waals surface area contributed by atoms with E-state index < -0.39 is 0 Å². The lowest BCUT2D eigenvalue weighted by atomic mass is 10.1. The molecule has 1 saturated carbocycles. The summed E-state index contributed by atoms with van der Waals surface area (Å²) in [6, 6.07) is 4.57. The summed E-state index contributed by atoms with van der Waals surface area (Å²) < 4.78 is 5.16. The topological polar surface area (TPSA) is 51.4 Å². The zero-order valence-corrected chi connectivity index (χ0v) is 9.52. The number of piperidine rings is 1. The lowest BCUT2D eigenvalue weighted by Crippen LogP contribution is -2.32. The van der Waals surface area contributed by atoms with Crippen LogP contribution in [0.4, 0.5) is 11.5 Å². The van der Waals surface area contributed by atoms with Crippen molar-refractivity contribution >= 4 is 11.5 Å². The molecule has 4 heteroatoms. The van der Waals surface area contributed by atoms with Crippen LogP contribution in [0.15, 0.2) is 12.1 Å². The number of nitrogen functional groups attached to an aromatic ring is 1. The number of fused-ring (bicyclic) bond motifs is 2. The second-order valence-corrected chi connectivity index (χ2v) is 4.75. The molecule has 2 unspecified atom stereocenters. The van der Waals surface area contributed by atoms with Crippen molar-refractivity contribution in [2.75, 3.05) is 24.3 Å². The molecule has 1 saturated heterocycles. The SMILES string of the molecule is COc1nc(N2CC3CCC2C3)ccc1N. The summed E-state index contributed by atoms with van der Waals surface area (Å²) in [7, 11) is 1.61. The minimum atomic E-state index is 0.542. The molecule has 3 rings (SSSR count). The Kier molecular flexibility index (Phi) is 2.16. The predicted molar refractivity (Wildman–Crippen MR) is 63.7 cm³/mol. The lowest BCUT2D eigenvalue weighted by Gasteiger charge is -2.28. The zero-order chi connectivity index (χ0) is 11.1. The smallest absolute Gasteiger partial charge is 0.238 e. The molecule has 2 atom stereocenters. The Morgan fingerprint density at radius 3 is 2.94 bits per heavy atom. The van der Waals surface area contributed by atoms with E-state index in [1.165, 1.54) is 19.3 Å². The van der Waals surface area contributed by atoms with Gasteiger partial charge in [-0.15, -0.1) is 0 Å². The van der Waals surface area contributed by atoms with Gasteiger partial charge in [0, 0.05) is 12.6 Å². The molecular weight excluding hydrogens is 202 g/mol. The van der Waals surface area contributed by atoms with Crippen molar-refractivity contribution in [1.82, 2.24) is 4.98 Å². The standard InChI is InChI=1S/C12H17N3O/c1-16-12-10(13)4-5-11(14-12)15-7-8-2-3-9(15)6-8/h4-5,8-9H,2-3,6-7,13H2,1H3. The lowest BCUT2D eigenvalue weighted by molar-refractivity contribution is 0.399. The minimum Gasteiger partial charge on any atom is -0.479 e. The molecule has 16 heavy (non-hydrogen) atoms. The van der Waals surface area contributed by atoms with E-state index in [0.717, 1.165) is 18.3 Å². The van der Waals surface area contributed by atoms with Gasteiger partial charge in [-0.1, -0.05) is 0 Å². The van der Waals surface area contributed by atoms with E-state index in [9.17, 15) is 0 Å². The molecular formula is C12H17N3O. The molecule has 1 aliphatic heterocycles. The summed E-state index contributed by atoms with van der Waals surface area (Å²) in [5.74, 6) is 2.42. The highest BCUT2D eigenvalue weighted by molar-refractivity contribution is 5.55. The molecule has 2 fully saturated rings. The molecule has 0 amide bonds. The molecule has 2 aliphatic rings. The highest BCUT2D eigenvalue weighted by Crippen LogP contribution is 2.40. The largest absolute Gasteiger partial charge is 0.479 e. The summed E-state index contributed by atoms with van der Waals surface area (Å²) in [6.45, 7) is 1.14. The van der Waals surface area contributed by atoms with Gasteiger partial charge in [0.15, 0.2) is 0 Å². The third-order valence-corrected chi connectivity index (χ3v) is 3.77. The monoisotopic (exact) mass is 219 g/mol. The van der Waals surface area contributed by atoms with Crippen molar-refractivity contribution < 1.29 is 4.74 Å². The zero-order valence-electron chi connectivity index (χ0n) is 9.52. The van der Waals surface area contributed by atoms with Crippen molar-refractivity contribution in [3.8, 4) is 5.88 Å². The number of hydrogen-bond acceptors (Lipinski definition) is 4. The fourth-order valence-electron chi connectivity index (χ4n) is 2.97. The second kappa shape index (κ2) is 3.54. The first-order valence-corrected chi connectivity index (χ1v) is 5.85. The Morgan fingerprint density at radius 1 is 1.44 bits per heavy atom. The Labute approximate surface area is 95.4 Å². The average Bonchev–Trinajstić information content (AvgIpc) is 2.91. The van der Waals surface area contributed by atoms with Crippen LogP contribution in [0.3, 0.4) is 0 Å². The van der Waals surface area contributed by atoms with Gasteiger partial charge in [-0.2, -0.15) is 4.98 Å². The van der Waals surface area contributed by atoms with Gasteiger partial charge < -0.3 is 15.4 Å². The molecule has 0 radical (unpaired) electrons. The van der Waals surface area contributed by atoms with Crippen molar-refractivity contribution in [3.63, 3.8) is 0 Å². The average molecular weight is 219 g/mol. The molecule has 86 valence electrons. The minimum absolute atomic E-state index is 0.542. The van der Waals surface area contributed by atoms with Crippen LogP contribution < -0.4 is 15.4 Å². The predicted octanol–water partition coefficient (Wildman–Crippen LogP) is 1.66. The molecule has 1 aliphatic carbocycles. The molecule has 2 N–H and O–H groups in total. The molecule has 2 bridgehead atoms. The third kappa shape index (κ3) is 1.40. The van der Waals surface area contributed by atoms with E-state index in [2.05, 4.69) is 9.88 Å². The van der Waals surface area contributed by atoms with Crippen LogP contribution >= 0.6 is 0 Å². The summed E-state index contributed by atoms with van der Waals surface area (Å²) in [4.78, 5) is 6.87. The number of anilines is 2. The van der Waals surface area contributed by atoms with Gasteiger partial charge in [-0.3, -0.25) is 0 Å². The number of hydrogen-bond donors (Lipinski definition) is 1. The molecule has 4 nitrogen and oxygen atoms in total. The van der Waals surface area contributed by atoms with Gasteiger partial charge in [-0.25, -0.2) is 0 Å². The van der Waals surface area contributed by atoms with Crippen LogP contribution in [0.25, 0.3) is 0 Å². The van der Waals surface area contributed by atoms with Crippen LogP contribution in [-0.2, 0) is 0 Å². The number of nitrogens with two attached hydrogens (primary N) is 1. The quantitative estimate of drug-likeness (QED) is 0.822. The maximum absolute atomic E-state index is 5.77. The second-order valence-electron chi connectivity index (χ2n) is 4.75. The first-order chi connectivity index (χ1) is 7.78. The van der Waals surface area contributed by atoms with Gasteiger partial charge in [-0.05, 0) is 37.3 Å². The van der Waals surface area contributed by atoms with Crippen LogP contribution in [0.1, 0.15) is 19.3 Å². The summed E-state index contributed by atoms with van der Waals surface area (Å²) >= 11 is 0. The Morgan fingerprint density at radius 2 is 2.31 bits per heavy atom. The molecule has 0 aromatic carbocycles. The van der Waals surface area contributed by atoms with Gasteiger partial charge >= 0.3 is 0 Å². The summed E-state index contributed by atoms with van der Waals surface area (Å²) in [5.41, 5.74) is 6.38. The number of methoxy groups -OCH3 is 1. The molecule has 0 spiro atoms. The number of rotatable bonds is 2. The normalized spacial score (nSPS) is 27.4. The Bertz CT molecular complexity index is 407. The van der Waals surface area contributed by atoms with Crippen molar-refractivity contribution in [2.45, 2.75) is 25.3 Å². The van der Waals surface area contributed by atoms with Gasteiger partial charge in [0.05, 0.1) is 12.8 Å². The first-order valence-electron chi connectivity index (χ1n) is 5.85. The Hall–Kier alpha value is -1.45. The van der Waals surface area contributed by atoms with E-state index in [-0.39, 0.29) is 0 Å². The Balaban J connectivity index is 1.89.